The summed E-state index contributed by atoms with van der Waals surface area (Å²) in [6.07, 6.45) is 3.09. The summed E-state index contributed by atoms with van der Waals surface area (Å²) < 4.78 is 38.0. The normalized spacial score (nSPS) is 13.6. The minimum Gasteiger partial charge on any atom is -0.494 e. The molecule has 0 spiro atoms. The van der Waals surface area contributed by atoms with E-state index in [2.05, 4.69) is 57.3 Å². The molecule has 0 amide bonds. The number of para-hydroxylation sites is 1. The molecule has 0 radical (unpaired) electrons. The Morgan fingerprint density at radius 2 is 1.82 bits per heavy atom. The fourth-order valence-electron chi connectivity index (χ4n) is 3.76. The first-order valence-electron chi connectivity index (χ1n) is 11.8. The molecule has 2 unspecified atom stereocenters. The first-order valence-corrected chi connectivity index (χ1v) is 16.9. The molecule has 14 heteroatoms. The van der Waals surface area contributed by atoms with Gasteiger partial charge < -0.3 is 13.9 Å². The molecule has 0 N–H and O–H groups in total. The molecule has 208 valence electrons. The number of alkyl halides is 1. The number of anilines is 1. The molecule has 0 aliphatic carbocycles. The van der Waals surface area contributed by atoms with Crippen molar-refractivity contribution >= 4 is 64.0 Å². The Hall–Kier alpha value is -2.04. The number of aromatic nitrogens is 5. The number of rotatable bonds is 12. The summed E-state index contributed by atoms with van der Waals surface area (Å²) in [5.41, 5.74) is -1.24. The van der Waals surface area contributed by atoms with Gasteiger partial charge >= 0.3 is 0 Å². The number of ether oxygens (including phenoxy) is 2. The molecule has 9 nitrogen and oxygen atoms in total. The lowest BCUT2D eigenvalue weighted by Gasteiger charge is -2.31. The summed E-state index contributed by atoms with van der Waals surface area (Å²) in [6, 6.07) is 9.22. The van der Waals surface area contributed by atoms with E-state index in [1.54, 1.807) is 35.5 Å². The maximum Gasteiger partial charge on any atom is 0.242 e. The Morgan fingerprint density at radius 3 is 2.38 bits per heavy atom. The Balaban J connectivity index is 1.85. The Bertz CT molecular complexity index is 1380. The molecular weight excluding hydrogens is 722 g/mol. The van der Waals surface area contributed by atoms with E-state index in [9.17, 15) is 0 Å². The lowest BCUT2D eigenvalue weighted by molar-refractivity contribution is 0.179. The average molecular weight is 749 g/mol. The Morgan fingerprint density at radius 1 is 1.15 bits per heavy atom. The topological polar surface area (TPSA) is 91.3 Å². The van der Waals surface area contributed by atoms with Crippen LogP contribution >= 0.6 is 58.0 Å². The van der Waals surface area contributed by atoms with E-state index >= 15 is 4.39 Å². The average Bonchev–Trinajstić information content (AvgIpc) is 3.56. The number of benzene rings is 1. The van der Waals surface area contributed by atoms with E-state index in [0.717, 1.165) is 11.5 Å². The van der Waals surface area contributed by atoms with Crippen molar-refractivity contribution in [2.45, 2.75) is 31.7 Å². The van der Waals surface area contributed by atoms with E-state index in [-0.39, 0.29) is 5.82 Å². The van der Waals surface area contributed by atoms with Gasteiger partial charge in [0.15, 0.2) is 17.3 Å². The minimum absolute atomic E-state index is 0.105. The fourth-order valence-corrected chi connectivity index (χ4v) is 6.02. The predicted octanol–water partition coefficient (Wildman–Crippen LogP) is 7.22. The monoisotopic (exact) mass is 748 g/mol. The van der Waals surface area contributed by atoms with Crippen LogP contribution < -0.4 is 13.8 Å². The Labute approximate surface area is 255 Å². The lowest BCUT2D eigenvalue weighted by atomic mass is 10.0. The molecule has 4 rings (SSSR count). The number of aryl methyl sites for hydroxylation is 1. The maximum atomic E-state index is 16.2. The third-order valence-electron chi connectivity index (χ3n) is 5.93. The van der Waals surface area contributed by atoms with E-state index in [1.165, 1.54) is 18.9 Å². The second-order valence-corrected chi connectivity index (χ2v) is 13.3. The zero-order valence-electron chi connectivity index (χ0n) is 21.9. The van der Waals surface area contributed by atoms with Gasteiger partial charge in [-0.05, 0) is 94.1 Å². The summed E-state index contributed by atoms with van der Waals surface area (Å²) in [6.45, 7) is 5.71. The van der Waals surface area contributed by atoms with Crippen LogP contribution in [0.4, 0.5) is 10.3 Å². The van der Waals surface area contributed by atoms with Crippen LogP contribution in [0.25, 0.3) is 17.3 Å². The van der Waals surface area contributed by atoms with Gasteiger partial charge in [0.25, 0.3) is 0 Å². The largest absolute Gasteiger partial charge is 0.494 e. The number of hydrogen-bond acceptors (Lipinski definition) is 10. The molecule has 4 aromatic rings. The molecule has 0 saturated carbocycles. The third kappa shape index (κ3) is 6.49. The van der Waals surface area contributed by atoms with Gasteiger partial charge in [0.1, 0.15) is 22.9 Å². The van der Waals surface area contributed by atoms with Gasteiger partial charge in [-0.25, -0.2) is 14.4 Å². The van der Waals surface area contributed by atoms with Gasteiger partial charge in [0, 0.05) is 24.7 Å². The summed E-state index contributed by atoms with van der Waals surface area (Å²) in [5, 5.41) is 8.50. The molecular formula is C25H27BrFIN6O3S2. The van der Waals surface area contributed by atoms with E-state index < -0.39 is 10.9 Å². The minimum atomic E-state index is -1.84. The van der Waals surface area contributed by atoms with E-state index in [1.807, 2.05) is 53.1 Å². The summed E-state index contributed by atoms with van der Waals surface area (Å²) in [7, 11) is 4.83. The molecule has 2 atom stereocenters. The third-order valence-corrected chi connectivity index (χ3v) is 9.36. The molecule has 0 bridgehead atoms. The van der Waals surface area contributed by atoms with E-state index in [0.29, 0.717) is 45.7 Å². The van der Waals surface area contributed by atoms with Crippen molar-refractivity contribution in [3.05, 3.63) is 58.8 Å². The molecule has 0 aliphatic heterocycles. The highest BCUT2D eigenvalue weighted by Crippen LogP contribution is 2.42. The SMILES string of the molecule is COc1cccc(OC)c1-n1c(-c2ccc(C)o2)nnc1N(CCSI)SC(C)C(C)(F)c1ncc(Br)cn1. The molecule has 0 fully saturated rings. The number of nitrogens with zero attached hydrogens (tertiary/aromatic N) is 6. The van der Waals surface area contributed by atoms with Crippen LogP contribution in [0.2, 0.25) is 0 Å². The van der Waals surface area contributed by atoms with Crippen LogP contribution in [0.5, 0.6) is 11.5 Å². The predicted molar refractivity (Wildman–Crippen MR) is 166 cm³/mol. The zero-order chi connectivity index (χ0) is 28.2. The van der Waals surface area contributed by atoms with Crippen molar-refractivity contribution in [1.29, 1.82) is 0 Å². The second-order valence-electron chi connectivity index (χ2n) is 8.54. The molecule has 3 heterocycles. The van der Waals surface area contributed by atoms with Crippen LogP contribution in [0.3, 0.4) is 0 Å². The standard InChI is InChI=1S/C25H27BrFIN6O3S2/c1-15-9-10-20(37-15)22-31-32-24(34(22)21-18(35-4)7-6-8-19(21)36-5)33(11-12-38-28)39-16(2)25(3,27)23-29-13-17(26)14-30-23/h6-10,13-14,16H,11-12H2,1-5H3. The van der Waals surface area contributed by atoms with Crippen molar-refractivity contribution < 1.29 is 18.3 Å². The van der Waals surface area contributed by atoms with Gasteiger partial charge in [-0.15, -0.1) is 10.2 Å². The summed E-state index contributed by atoms with van der Waals surface area (Å²) >= 11 is 6.87. The molecule has 39 heavy (non-hydrogen) atoms. The molecule has 1 aromatic carbocycles. The van der Waals surface area contributed by atoms with Gasteiger partial charge in [0.05, 0.1) is 23.9 Å². The van der Waals surface area contributed by atoms with Gasteiger partial charge in [-0.3, -0.25) is 8.87 Å². The van der Waals surface area contributed by atoms with Crippen LogP contribution in [-0.4, -0.2) is 56.5 Å². The highest BCUT2D eigenvalue weighted by atomic mass is 127. The molecule has 0 aliphatic rings. The van der Waals surface area contributed by atoms with Crippen LogP contribution in [0, 0.1) is 6.92 Å². The highest BCUT2D eigenvalue weighted by molar-refractivity contribution is 14.2. The maximum absolute atomic E-state index is 16.2. The van der Waals surface area contributed by atoms with Crippen molar-refractivity contribution in [2.24, 2.45) is 0 Å². The van der Waals surface area contributed by atoms with Crippen LogP contribution in [0.15, 0.2) is 51.6 Å². The fraction of sp³-hybridized carbons (Fsp3) is 0.360. The van der Waals surface area contributed by atoms with Gasteiger partial charge in [-0.2, -0.15) is 0 Å². The van der Waals surface area contributed by atoms with Crippen LogP contribution in [0.1, 0.15) is 25.4 Å². The number of hydrogen-bond donors (Lipinski definition) is 0. The van der Waals surface area contributed by atoms with Crippen molar-refractivity contribution in [3.63, 3.8) is 0 Å². The Kier molecular flexibility index (Phi) is 10.0. The summed E-state index contributed by atoms with van der Waals surface area (Å²) in [4.78, 5) is 8.44. The van der Waals surface area contributed by atoms with Crippen LogP contribution in [-0.2, 0) is 5.67 Å². The first kappa shape index (κ1) is 29.9. The van der Waals surface area contributed by atoms with Crippen molar-refractivity contribution in [2.75, 3.05) is 30.8 Å². The smallest absolute Gasteiger partial charge is 0.242 e. The van der Waals surface area contributed by atoms with E-state index in [4.69, 9.17) is 13.9 Å². The van der Waals surface area contributed by atoms with Gasteiger partial charge in [0.2, 0.25) is 11.8 Å². The lowest BCUT2D eigenvalue weighted by Crippen LogP contribution is -2.34. The summed E-state index contributed by atoms with van der Waals surface area (Å²) in [5.74, 6) is 4.16. The second kappa shape index (κ2) is 13.1. The van der Waals surface area contributed by atoms with Crippen molar-refractivity contribution in [1.82, 2.24) is 24.7 Å². The number of furan rings is 1. The molecule has 3 aromatic heterocycles. The van der Waals surface area contributed by atoms with Gasteiger partial charge in [-0.1, -0.05) is 15.0 Å². The number of halogens is 3. The van der Waals surface area contributed by atoms with Crippen molar-refractivity contribution in [3.8, 4) is 28.8 Å². The molecule has 0 saturated heterocycles. The quantitative estimate of drug-likeness (QED) is 0.109. The zero-order valence-corrected chi connectivity index (χ0v) is 27.3. The highest BCUT2D eigenvalue weighted by Gasteiger charge is 2.39. The first-order chi connectivity index (χ1) is 18.7. The number of methoxy groups -OCH3 is 2.